The molecule has 0 spiro atoms. The molecule has 1 aliphatic carbocycles. The summed E-state index contributed by atoms with van der Waals surface area (Å²) in [7, 11) is 0. The van der Waals surface area contributed by atoms with Crippen LogP contribution in [-0.2, 0) is 6.61 Å². The van der Waals surface area contributed by atoms with E-state index in [1.54, 1.807) is 4.90 Å². The SMILES string of the molecule is O=C(c1cc(=O)c(OCc2ccccc2)co1)N1CC[C@]2(O)CCCC[C@H]2C1. The van der Waals surface area contributed by atoms with Crippen molar-refractivity contribution < 1.29 is 19.1 Å². The molecule has 148 valence electrons. The van der Waals surface area contributed by atoms with Crippen molar-refractivity contribution >= 4 is 5.91 Å². The van der Waals surface area contributed by atoms with Gasteiger partial charge in [0.1, 0.15) is 12.9 Å². The molecule has 1 saturated heterocycles. The Morgan fingerprint density at radius 1 is 1.25 bits per heavy atom. The zero-order chi connectivity index (χ0) is 19.6. The van der Waals surface area contributed by atoms with Crippen LogP contribution >= 0.6 is 0 Å². The second-order valence-electron chi connectivity index (χ2n) is 7.79. The van der Waals surface area contributed by atoms with Crippen LogP contribution in [-0.4, -0.2) is 34.6 Å². The fourth-order valence-corrected chi connectivity index (χ4v) is 4.26. The van der Waals surface area contributed by atoms with Gasteiger partial charge in [0.2, 0.25) is 11.2 Å². The molecule has 1 amide bonds. The number of piperidine rings is 1. The highest BCUT2D eigenvalue weighted by atomic mass is 16.5. The molecule has 28 heavy (non-hydrogen) atoms. The van der Waals surface area contributed by atoms with E-state index in [2.05, 4.69) is 0 Å². The summed E-state index contributed by atoms with van der Waals surface area (Å²) in [5, 5.41) is 10.8. The van der Waals surface area contributed by atoms with E-state index in [4.69, 9.17) is 9.15 Å². The number of ether oxygens (including phenoxy) is 1. The van der Waals surface area contributed by atoms with Crippen LogP contribution in [0.2, 0.25) is 0 Å². The number of likely N-dealkylation sites (tertiary alicyclic amines) is 1. The fraction of sp³-hybridized carbons (Fsp3) is 0.455. The van der Waals surface area contributed by atoms with E-state index in [0.717, 1.165) is 31.2 Å². The smallest absolute Gasteiger partial charge is 0.289 e. The number of nitrogens with zero attached hydrogens (tertiary/aromatic N) is 1. The summed E-state index contributed by atoms with van der Waals surface area (Å²) >= 11 is 0. The first-order chi connectivity index (χ1) is 13.5. The Morgan fingerprint density at radius 3 is 2.86 bits per heavy atom. The summed E-state index contributed by atoms with van der Waals surface area (Å²) in [6, 6.07) is 10.7. The molecule has 1 aromatic carbocycles. The molecule has 2 aromatic rings. The predicted molar refractivity (Wildman–Crippen MR) is 103 cm³/mol. The molecule has 1 N–H and O–H groups in total. The van der Waals surface area contributed by atoms with Gasteiger partial charge in [0.15, 0.2) is 5.76 Å². The van der Waals surface area contributed by atoms with Crippen LogP contribution in [0.1, 0.15) is 48.2 Å². The van der Waals surface area contributed by atoms with Gasteiger partial charge in [-0.05, 0) is 24.8 Å². The minimum absolute atomic E-state index is 0.0123. The number of carbonyl (C=O) groups is 1. The Morgan fingerprint density at radius 2 is 2.07 bits per heavy atom. The summed E-state index contributed by atoms with van der Waals surface area (Å²) in [5.74, 6) is -0.113. The Kier molecular flexibility index (Phi) is 5.22. The van der Waals surface area contributed by atoms with Gasteiger partial charge in [-0.15, -0.1) is 0 Å². The Hall–Kier alpha value is -2.60. The molecule has 0 unspecified atom stereocenters. The topological polar surface area (TPSA) is 80.0 Å². The van der Waals surface area contributed by atoms with E-state index in [9.17, 15) is 14.7 Å². The van der Waals surface area contributed by atoms with Crippen LogP contribution in [0.15, 0.2) is 51.9 Å². The van der Waals surface area contributed by atoms with Gasteiger partial charge < -0.3 is 19.2 Å². The second-order valence-corrected chi connectivity index (χ2v) is 7.79. The van der Waals surface area contributed by atoms with Gasteiger partial charge in [-0.1, -0.05) is 43.2 Å². The molecular formula is C22H25NO5. The van der Waals surface area contributed by atoms with Gasteiger partial charge in [-0.3, -0.25) is 9.59 Å². The third-order valence-corrected chi connectivity index (χ3v) is 5.96. The maximum absolute atomic E-state index is 12.8. The Bertz CT molecular complexity index is 893. The number of hydrogen-bond acceptors (Lipinski definition) is 5. The average molecular weight is 383 g/mol. The van der Waals surface area contributed by atoms with E-state index in [1.165, 1.54) is 12.3 Å². The monoisotopic (exact) mass is 383 g/mol. The van der Waals surface area contributed by atoms with Crippen molar-refractivity contribution in [2.75, 3.05) is 13.1 Å². The number of rotatable bonds is 4. The maximum Gasteiger partial charge on any atom is 0.289 e. The first kappa shape index (κ1) is 18.7. The lowest BCUT2D eigenvalue weighted by molar-refractivity contribution is -0.0889. The zero-order valence-electron chi connectivity index (χ0n) is 15.8. The number of benzene rings is 1. The van der Waals surface area contributed by atoms with Gasteiger partial charge in [0.05, 0.1) is 5.60 Å². The lowest BCUT2D eigenvalue weighted by atomic mass is 9.71. The van der Waals surface area contributed by atoms with Crippen LogP contribution < -0.4 is 10.2 Å². The Labute approximate surface area is 163 Å². The maximum atomic E-state index is 12.8. The molecule has 1 aromatic heterocycles. The van der Waals surface area contributed by atoms with E-state index in [0.29, 0.717) is 19.5 Å². The van der Waals surface area contributed by atoms with Gasteiger partial charge >= 0.3 is 0 Å². The molecule has 1 saturated carbocycles. The van der Waals surface area contributed by atoms with Crippen molar-refractivity contribution in [2.24, 2.45) is 5.92 Å². The van der Waals surface area contributed by atoms with Gasteiger partial charge in [0, 0.05) is 25.1 Å². The summed E-state index contributed by atoms with van der Waals surface area (Å²) in [5.41, 5.74) is -0.0857. The first-order valence-electron chi connectivity index (χ1n) is 9.86. The molecule has 6 heteroatoms. The number of carbonyl (C=O) groups excluding carboxylic acids is 1. The normalized spacial score (nSPS) is 24.5. The second kappa shape index (κ2) is 7.80. The van der Waals surface area contributed by atoms with Crippen LogP contribution in [0.3, 0.4) is 0 Å². The van der Waals surface area contributed by atoms with Gasteiger partial charge in [-0.2, -0.15) is 0 Å². The molecule has 2 aliphatic rings. The minimum Gasteiger partial charge on any atom is -0.482 e. The van der Waals surface area contributed by atoms with E-state index >= 15 is 0 Å². The van der Waals surface area contributed by atoms with Crippen molar-refractivity contribution in [1.29, 1.82) is 0 Å². The molecule has 2 heterocycles. The number of fused-ring (bicyclic) bond motifs is 1. The molecule has 4 rings (SSSR count). The highest BCUT2D eigenvalue weighted by molar-refractivity contribution is 5.91. The van der Waals surface area contributed by atoms with Crippen molar-refractivity contribution in [3.05, 3.63) is 64.2 Å². The molecule has 0 radical (unpaired) electrons. The van der Waals surface area contributed by atoms with E-state index in [1.807, 2.05) is 30.3 Å². The molecule has 1 aliphatic heterocycles. The number of hydrogen-bond donors (Lipinski definition) is 1. The standard InChI is InChI=1S/C22H25NO5/c24-18-12-19(28-15-20(18)27-14-16-6-2-1-3-7-16)21(25)23-11-10-22(26)9-5-4-8-17(22)13-23/h1-3,6-7,12,15,17,26H,4-5,8-11,13-14H2/t17-,22+/m0/s1. The summed E-state index contributed by atoms with van der Waals surface area (Å²) in [6.07, 6.45) is 5.64. The van der Waals surface area contributed by atoms with E-state index < -0.39 is 5.60 Å². The lowest BCUT2D eigenvalue weighted by Crippen LogP contribution is -2.54. The number of aliphatic hydroxyl groups is 1. The third-order valence-electron chi connectivity index (χ3n) is 5.96. The van der Waals surface area contributed by atoms with Crippen molar-refractivity contribution in [2.45, 2.75) is 44.3 Å². The van der Waals surface area contributed by atoms with Crippen LogP contribution in [0.25, 0.3) is 0 Å². The number of amides is 1. The van der Waals surface area contributed by atoms with Gasteiger partial charge in [0.25, 0.3) is 5.91 Å². The summed E-state index contributed by atoms with van der Waals surface area (Å²) < 4.78 is 10.9. The summed E-state index contributed by atoms with van der Waals surface area (Å²) in [4.78, 5) is 26.8. The average Bonchev–Trinajstić information content (AvgIpc) is 2.72. The fourth-order valence-electron chi connectivity index (χ4n) is 4.26. The lowest BCUT2D eigenvalue weighted by Gasteiger charge is -2.47. The molecule has 6 nitrogen and oxygen atoms in total. The molecule has 2 atom stereocenters. The predicted octanol–water partition coefficient (Wildman–Crippen LogP) is 2.99. The first-order valence-corrected chi connectivity index (χ1v) is 9.86. The third kappa shape index (κ3) is 3.83. The zero-order valence-corrected chi connectivity index (χ0v) is 15.8. The molecule has 0 bridgehead atoms. The Balaban J connectivity index is 1.42. The van der Waals surface area contributed by atoms with Crippen molar-refractivity contribution in [3.63, 3.8) is 0 Å². The van der Waals surface area contributed by atoms with Crippen molar-refractivity contribution in [1.82, 2.24) is 4.90 Å². The molecule has 2 fully saturated rings. The van der Waals surface area contributed by atoms with Crippen LogP contribution in [0, 0.1) is 5.92 Å². The quantitative estimate of drug-likeness (QED) is 0.878. The van der Waals surface area contributed by atoms with Crippen molar-refractivity contribution in [3.8, 4) is 5.75 Å². The minimum atomic E-state index is -0.648. The highest BCUT2D eigenvalue weighted by Crippen LogP contribution is 2.40. The summed E-state index contributed by atoms with van der Waals surface area (Å²) in [6.45, 7) is 1.23. The highest BCUT2D eigenvalue weighted by Gasteiger charge is 2.44. The van der Waals surface area contributed by atoms with Crippen LogP contribution in [0.5, 0.6) is 5.75 Å². The van der Waals surface area contributed by atoms with E-state index in [-0.39, 0.29) is 35.4 Å². The molecular weight excluding hydrogens is 358 g/mol. The van der Waals surface area contributed by atoms with Gasteiger partial charge in [-0.25, -0.2) is 0 Å². The largest absolute Gasteiger partial charge is 0.482 e. The van der Waals surface area contributed by atoms with Crippen LogP contribution in [0.4, 0.5) is 0 Å².